The van der Waals surface area contributed by atoms with Gasteiger partial charge in [-0.05, 0) is 50.5 Å². The molecule has 1 saturated heterocycles. The molecule has 0 bridgehead atoms. The van der Waals surface area contributed by atoms with Gasteiger partial charge < -0.3 is 9.88 Å². The number of sulfonamides is 1. The van der Waals surface area contributed by atoms with E-state index in [4.69, 9.17) is 0 Å². The van der Waals surface area contributed by atoms with Gasteiger partial charge in [0.05, 0.1) is 4.90 Å². The van der Waals surface area contributed by atoms with Crippen molar-refractivity contribution in [2.75, 3.05) is 13.1 Å². The monoisotopic (exact) mass is 391 g/mol. The van der Waals surface area contributed by atoms with Gasteiger partial charge in [0.1, 0.15) is 0 Å². The molecule has 1 atom stereocenters. The van der Waals surface area contributed by atoms with Crippen molar-refractivity contribution < 1.29 is 13.2 Å². The molecule has 148 valence electrons. The van der Waals surface area contributed by atoms with Crippen molar-refractivity contribution in [1.29, 1.82) is 0 Å². The molecule has 1 aromatic heterocycles. The summed E-state index contributed by atoms with van der Waals surface area (Å²) in [6, 6.07) is 7.37. The number of amides is 1. The van der Waals surface area contributed by atoms with Gasteiger partial charge in [-0.3, -0.25) is 4.79 Å². The Morgan fingerprint density at radius 3 is 2.63 bits per heavy atom. The van der Waals surface area contributed by atoms with Crippen LogP contribution in [0.3, 0.4) is 0 Å². The van der Waals surface area contributed by atoms with E-state index in [1.54, 1.807) is 16.4 Å². The molecule has 0 spiro atoms. The zero-order valence-corrected chi connectivity index (χ0v) is 17.0. The van der Waals surface area contributed by atoms with Crippen molar-refractivity contribution in [3.63, 3.8) is 0 Å². The highest BCUT2D eigenvalue weighted by Crippen LogP contribution is 2.25. The predicted molar refractivity (Wildman–Crippen MR) is 107 cm³/mol. The molecule has 1 aliphatic rings. The fraction of sp³-hybridized carbons (Fsp3) is 0.550. The van der Waals surface area contributed by atoms with Gasteiger partial charge in [-0.2, -0.15) is 4.31 Å². The van der Waals surface area contributed by atoms with Crippen molar-refractivity contribution >= 4 is 26.8 Å². The number of benzene rings is 1. The maximum atomic E-state index is 12.9. The Bertz CT molecular complexity index is 898. The van der Waals surface area contributed by atoms with Crippen LogP contribution in [0, 0.1) is 0 Å². The number of aryl methyl sites for hydroxylation is 1. The van der Waals surface area contributed by atoms with Crippen molar-refractivity contribution in [1.82, 2.24) is 14.2 Å². The van der Waals surface area contributed by atoms with Gasteiger partial charge in [0, 0.05) is 49.2 Å². The topological polar surface area (TPSA) is 71.4 Å². The summed E-state index contributed by atoms with van der Waals surface area (Å²) in [4.78, 5) is 12.3. The van der Waals surface area contributed by atoms with Crippen LogP contribution in [0.15, 0.2) is 35.4 Å². The molecular weight excluding hydrogens is 362 g/mol. The first-order valence-electron chi connectivity index (χ1n) is 9.80. The summed E-state index contributed by atoms with van der Waals surface area (Å²) in [5.41, 5.74) is 0.948. The van der Waals surface area contributed by atoms with Gasteiger partial charge in [-0.15, -0.1) is 0 Å². The average Bonchev–Trinajstić information content (AvgIpc) is 3.09. The van der Waals surface area contributed by atoms with Crippen LogP contribution >= 0.6 is 0 Å². The number of carbonyl (C=O) groups excluding carboxylic acids is 1. The minimum absolute atomic E-state index is 0.0375. The van der Waals surface area contributed by atoms with E-state index in [2.05, 4.69) is 5.32 Å². The minimum Gasteiger partial charge on any atom is -0.354 e. The molecule has 0 radical (unpaired) electrons. The number of hydrogen-bond donors (Lipinski definition) is 1. The molecule has 1 aromatic carbocycles. The Morgan fingerprint density at radius 1 is 1.19 bits per heavy atom. The number of carbonyl (C=O) groups is 1. The molecule has 1 N–H and O–H groups in total. The summed E-state index contributed by atoms with van der Waals surface area (Å²) < 4.78 is 29.3. The van der Waals surface area contributed by atoms with E-state index < -0.39 is 10.0 Å². The quantitative estimate of drug-likeness (QED) is 0.788. The van der Waals surface area contributed by atoms with Gasteiger partial charge in [0.15, 0.2) is 0 Å². The Labute approximate surface area is 161 Å². The molecule has 0 aliphatic carbocycles. The van der Waals surface area contributed by atoms with Gasteiger partial charge in [-0.1, -0.05) is 13.3 Å². The van der Waals surface area contributed by atoms with E-state index in [1.807, 2.05) is 36.7 Å². The number of piperidine rings is 1. The Hall–Kier alpha value is -1.86. The normalized spacial score (nSPS) is 17.1. The first-order chi connectivity index (χ1) is 12.9. The lowest BCUT2D eigenvalue weighted by atomic mass is 10.2. The van der Waals surface area contributed by atoms with Crippen LogP contribution in [-0.2, 0) is 21.4 Å². The second-order valence-corrected chi connectivity index (χ2v) is 9.26. The van der Waals surface area contributed by atoms with E-state index in [1.165, 1.54) is 0 Å². The third-order valence-corrected chi connectivity index (χ3v) is 7.19. The highest BCUT2D eigenvalue weighted by Gasteiger charge is 2.26. The summed E-state index contributed by atoms with van der Waals surface area (Å²) in [6.07, 6.45) is 6.18. The summed E-state index contributed by atoms with van der Waals surface area (Å²) in [7, 11) is -3.43. The molecule has 0 unspecified atom stereocenters. The van der Waals surface area contributed by atoms with E-state index in [9.17, 15) is 13.2 Å². The first kappa shape index (κ1) is 19.9. The number of nitrogens with zero attached hydrogens (tertiary/aromatic N) is 2. The molecule has 7 heteroatoms. The van der Waals surface area contributed by atoms with Crippen LogP contribution in [0.1, 0.15) is 46.0 Å². The van der Waals surface area contributed by atoms with Gasteiger partial charge >= 0.3 is 0 Å². The van der Waals surface area contributed by atoms with Crippen LogP contribution in [0.25, 0.3) is 10.9 Å². The SMILES string of the molecule is CC[C@@H](C)NC(=O)CCn1ccc2cc(S(=O)(=O)N3CCCCC3)ccc21. The zero-order valence-electron chi connectivity index (χ0n) is 16.1. The highest BCUT2D eigenvalue weighted by molar-refractivity contribution is 7.89. The van der Waals surface area contributed by atoms with Crippen LogP contribution in [0.4, 0.5) is 0 Å². The number of aromatic nitrogens is 1. The Kier molecular flexibility index (Phi) is 6.22. The lowest BCUT2D eigenvalue weighted by molar-refractivity contribution is -0.121. The molecule has 1 fully saturated rings. The third kappa shape index (κ3) is 4.52. The number of hydrogen-bond acceptors (Lipinski definition) is 3. The summed E-state index contributed by atoms with van der Waals surface area (Å²) >= 11 is 0. The third-order valence-electron chi connectivity index (χ3n) is 5.29. The lowest BCUT2D eigenvalue weighted by Gasteiger charge is -2.25. The Balaban J connectivity index is 1.73. The first-order valence-corrected chi connectivity index (χ1v) is 11.2. The van der Waals surface area contributed by atoms with Gasteiger partial charge in [-0.25, -0.2) is 8.42 Å². The molecule has 3 rings (SSSR count). The molecule has 1 aliphatic heterocycles. The molecule has 1 amide bonds. The van der Waals surface area contributed by atoms with E-state index in [0.29, 0.717) is 31.0 Å². The van der Waals surface area contributed by atoms with Crippen molar-refractivity contribution in [2.24, 2.45) is 0 Å². The fourth-order valence-electron chi connectivity index (χ4n) is 3.46. The van der Waals surface area contributed by atoms with E-state index in [0.717, 1.165) is 36.6 Å². The van der Waals surface area contributed by atoms with Crippen LogP contribution in [0.2, 0.25) is 0 Å². The number of rotatable bonds is 7. The van der Waals surface area contributed by atoms with Crippen LogP contribution in [0.5, 0.6) is 0 Å². The van der Waals surface area contributed by atoms with Crippen molar-refractivity contribution in [3.05, 3.63) is 30.5 Å². The lowest BCUT2D eigenvalue weighted by Crippen LogP contribution is -2.35. The van der Waals surface area contributed by atoms with Crippen LogP contribution < -0.4 is 5.32 Å². The molecule has 2 heterocycles. The largest absolute Gasteiger partial charge is 0.354 e. The molecule has 6 nitrogen and oxygen atoms in total. The van der Waals surface area contributed by atoms with Crippen molar-refractivity contribution in [2.45, 2.75) is 63.4 Å². The van der Waals surface area contributed by atoms with Gasteiger partial charge in [0.25, 0.3) is 0 Å². The zero-order chi connectivity index (χ0) is 19.4. The second-order valence-electron chi connectivity index (χ2n) is 7.32. The van der Waals surface area contributed by atoms with E-state index >= 15 is 0 Å². The minimum atomic E-state index is -3.43. The maximum Gasteiger partial charge on any atom is 0.243 e. The molecule has 27 heavy (non-hydrogen) atoms. The summed E-state index contributed by atoms with van der Waals surface area (Å²) in [5.74, 6) is 0.0375. The fourth-order valence-corrected chi connectivity index (χ4v) is 5.01. The molecule has 0 saturated carbocycles. The van der Waals surface area contributed by atoms with E-state index in [-0.39, 0.29) is 11.9 Å². The summed E-state index contributed by atoms with van der Waals surface area (Å²) in [6.45, 7) is 5.82. The number of fused-ring (bicyclic) bond motifs is 1. The predicted octanol–water partition coefficient (Wildman–Crippen LogP) is 3.12. The smallest absolute Gasteiger partial charge is 0.243 e. The Morgan fingerprint density at radius 2 is 1.93 bits per heavy atom. The molecule has 2 aromatic rings. The van der Waals surface area contributed by atoms with Gasteiger partial charge in [0.2, 0.25) is 15.9 Å². The highest BCUT2D eigenvalue weighted by atomic mass is 32.2. The molecular formula is C20H29N3O3S. The number of nitrogens with one attached hydrogen (secondary N) is 1. The maximum absolute atomic E-state index is 12.9. The van der Waals surface area contributed by atoms with Crippen LogP contribution in [-0.4, -0.2) is 42.3 Å². The average molecular weight is 392 g/mol. The summed E-state index contributed by atoms with van der Waals surface area (Å²) in [5, 5.41) is 3.85. The second kappa shape index (κ2) is 8.44. The van der Waals surface area contributed by atoms with Crippen molar-refractivity contribution in [3.8, 4) is 0 Å². The standard InChI is InChI=1S/C20H29N3O3S/c1-3-16(2)21-20(24)10-14-22-13-9-17-15-18(7-8-19(17)22)27(25,26)23-11-5-4-6-12-23/h7-9,13,15-16H,3-6,10-12,14H2,1-2H3,(H,21,24)/t16-/m1/s1.